The van der Waals surface area contributed by atoms with Gasteiger partial charge < -0.3 is 19.9 Å². The van der Waals surface area contributed by atoms with Gasteiger partial charge in [0.1, 0.15) is 18.5 Å². The Kier molecular flexibility index (Phi) is 5.11. The highest BCUT2D eigenvalue weighted by molar-refractivity contribution is 5.68. The second kappa shape index (κ2) is 8.01. The SMILES string of the molecule is O=C(NC(c1ccccc1)c1nnc2n1CCNC2)OCc1ccccc1. The molecule has 0 radical (unpaired) electrons. The molecule has 3 aromatic rings. The van der Waals surface area contributed by atoms with Gasteiger partial charge in [-0.05, 0) is 11.1 Å². The minimum atomic E-state index is -0.487. The maximum absolute atomic E-state index is 12.5. The van der Waals surface area contributed by atoms with E-state index in [-0.39, 0.29) is 6.61 Å². The first-order chi connectivity index (χ1) is 13.3. The minimum absolute atomic E-state index is 0.218. The molecule has 1 unspecified atom stereocenters. The molecule has 138 valence electrons. The smallest absolute Gasteiger partial charge is 0.408 e. The Balaban J connectivity index is 1.54. The fraction of sp³-hybridized carbons (Fsp3) is 0.250. The monoisotopic (exact) mass is 363 g/mol. The zero-order chi connectivity index (χ0) is 18.5. The van der Waals surface area contributed by atoms with Crippen molar-refractivity contribution in [3.63, 3.8) is 0 Å². The first kappa shape index (κ1) is 17.2. The fourth-order valence-corrected chi connectivity index (χ4v) is 3.15. The predicted octanol–water partition coefficient (Wildman–Crippen LogP) is 2.40. The van der Waals surface area contributed by atoms with Crippen LogP contribution in [0.2, 0.25) is 0 Å². The van der Waals surface area contributed by atoms with Crippen molar-refractivity contribution in [1.29, 1.82) is 0 Å². The number of carbonyl (C=O) groups is 1. The van der Waals surface area contributed by atoms with E-state index in [0.29, 0.717) is 6.54 Å². The van der Waals surface area contributed by atoms with Gasteiger partial charge in [-0.15, -0.1) is 10.2 Å². The van der Waals surface area contributed by atoms with Crippen molar-refractivity contribution >= 4 is 6.09 Å². The predicted molar refractivity (Wildman–Crippen MR) is 99.8 cm³/mol. The van der Waals surface area contributed by atoms with E-state index in [0.717, 1.165) is 35.9 Å². The van der Waals surface area contributed by atoms with Crippen LogP contribution in [-0.2, 0) is 24.4 Å². The Morgan fingerprint density at radius 3 is 2.63 bits per heavy atom. The largest absolute Gasteiger partial charge is 0.445 e. The van der Waals surface area contributed by atoms with Crippen molar-refractivity contribution in [1.82, 2.24) is 25.4 Å². The lowest BCUT2D eigenvalue weighted by Gasteiger charge is -2.22. The van der Waals surface area contributed by atoms with Gasteiger partial charge in [-0.3, -0.25) is 0 Å². The van der Waals surface area contributed by atoms with Gasteiger partial charge in [-0.25, -0.2) is 4.79 Å². The molecule has 1 aromatic heterocycles. The average molecular weight is 363 g/mol. The minimum Gasteiger partial charge on any atom is -0.445 e. The summed E-state index contributed by atoms with van der Waals surface area (Å²) in [6, 6.07) is 18.9. The van der Waals surface area contributed by atoms with E-state index >= 15 is 0 Å². The van der Waals surface area contributed by atoms with Crippen molar-refractivity contribution in [2.75, 3.05) is 6.54 Å². The number of nitrogens with zero attached hydrogens (tertiary/aromatic N) is 3. The Morgan fingerprint density at radius 2 is 1.85 bits per heavy atom. The molecule has 2 N–H and O–H groups in total. The van der Waals surface area contributed by atoms with Gasteiger partial charge in [0.25, 0.3) is 0 Å². The highest BCUT2D eigenvalue weighted by atomic mass is 16.5. The molecule has 27 heavy (non-hydrogen) atoms. The van der Waals surface area contributed by atoms with Crippen LogP contribution in [0.4, 0.5) is 4.79 Å². The second-order valence-corrected chi connectivity index (χ2v) is 6.35. The quantitative estimate of drug-likeness (QED) is 0.728. The van der Waals surface area contributed by atoms with Gasteiger partial charge in [-0.2, -0.15) is 0 Å². The third kappa shape index (κ3) is 3.98. The molecule has 1 aliphatic heterocycles. The number of fused-ring (bicyclic) bond motifs is 1. The number of aromatic nitrogens is 3. The van der Waals surface area contributed by atoms with Crippen LogP contribution < -0.4 is 10.6 Å². The third-order valence-electron chi connectivity index (χ3n) is 4.52. The standard InChI is InChI=1S/C20H21N5O2/c26-20(27-14-15-7-3-1-4-8-15)22-18(16-9-5-2-6-10-16)19-24-23-17-13-21-11-12-25(17)19/h1-10,18,21H,11-14H2,(H,22,26). The van der Waals surface area contributed by atoms with Crippen molar-refractivity contribution < 1.29 is 9.53 Å². The summed E-state index contributed by atoms with van der Waals surface area (Å²) in [5, 5.41) is 14.8. The molecule has 1 aliphatic rings. The molecule has 1 atom stereocenters. The van der Waals surface area contributed by atoms with E-state index in [9.17, 15) is 4.79 Å². The Labute approximate surface area is 157 Å². The fourth-order valence-electron chi connectivity index (χ4n) is 3.15. The number of nitrogens with one attached hydrogen (secondary N) is 2. The van der Waals surface area contributed by atoms with Crippen LogP contribution in [0, 0.1) is 0 Å². The number of alkyl carbamates (subject to hydrolysis) is 1. The van der Waals surface area contributed by atoms with Gasteiger partial charge in [0, 0.05) is 13.1 Å². The number of hydrogen-bond donors (Lipinski definition) is 2. The summed E-state index contributed by atoms with van der Waals surface area (Å²) in [4.78, 5) is 12.5. The van der Waals surface area contributed by atoms with Crippen molar-refractivity contribution in [2.45, 2.75) is 25.7 Å². The summed E-state index contributed by atoms with van der Waals surface area (Å²) in [5.41, 5.74) is 1.87. The highest BCUT2D eigenvalue weighted by Crippen LogP contribution is 2.22. The lowest BCUT2D eigenvalue weighted by molar-refractivity contribution is 0.136. The van der Waals surface area contributed by atoms with E-state index in [1.807, 2.05) is 60.7 Å². The van der Waals surface area contributed by atoms with E-state index in [1.165, 1.54) is 0 Å². The lowest BCUT2D eigenvalue weighted by Crippen LogP contribution is -2.34. The number of amides is 1. The van der Waals surface area contributed by atoms with Crippen molar-refractivity contribution in [3.05, 3.63) is 83.4 Å². The molecule has 0 spiro atoms. The van der Waals surface area contributed by atoms with Crippen LogP contribution in [0.25, 0.3) is 0 Å². The van der Waals surface area contributed by atoms with Crippen LogP contribution >= 0.6 is 0 Å². The number of ether oxygens (including phenoxy) is 1. The molecular formula is C20H21N5O2. The van der Waals surface area contributed by atoms with E-state index in [4.69, 9.17) is 4.74 Å². The molecule has 0 bridgehead atoms. The number of carbonyl (C=O) groups excluding carboxylic acids is 1. The lowest BCUT2D eigenvalue weighted by atomic mass is 10.1. The molecule has 0 saturated carbocycles. The van der Waals surface area contributed by atoms with Gasteiger partial charge >= 0.3 is 6.09 Å². The number of rotatable bonds is 5. The molecular weight excluding hydrogens is 342 g/mol. The molecule has 2 aromatic carbocycles. The second-order valence-electron chi connectivity index (χ2n) is 6.35. The van der Waals surface area contributed by atoms with Crippen LogP contribution in [0.3, 0.4) is 0 Å². The van der Waals surface area contributed by atoms with Crippen LogP contribution in [0.15, 0.2) is 60.7 Å². The molecule has 1 amide bonds. The first-order valence-electron chi connectivity index (χ1n) is 8.96. The summed E-state index contributed by atoms with van der Waals surface area (Å²) in [6.07, 6.45) is -0.487. The summed E-state index contributed by atoms with van der Waals surface area (Å²) < 4.78 is 7.46. The van der Waals surface area contributed by atoms with E-state index in [1.54, 1.807) is 0 Å². The van der Waals surface area contributed by atoms with Crippen molar-refractivity contribution in [3.8, 4) is 0 Å². The van der Waals surface area contributed by atoms with Crippen molar-refractivity contribution in [2.24, 2.45) is 0 Å². The number of benzene rings is 2. The van der Waals surface area contributed by atoms with Crippen LogP contribution in [0.5, 0.6) is 0 Å². The molecule has 0 fully saturated rings. The molecule has 7 nitrogen and oxygen atoms in total. The number of hydrogen-bond acceptors (Lipinski definition) is 5. The topological polar surface area (TPSA) is 81.1 Å². The van der Waals surface area contributed by atoms with Gasteiger partial charge in [0.05, 0.1) is 6.54 Å². The van der Waals surface area contributed by atoms with Gasteiger partial charge in [-0.1, -0.05) is 60.7 Å². The molecule has 0 saturated heterocycles. The van der Waals surface area contributed by atoms with Crippen LogP contribution in [-0.4, -0.2) is 27.4 Å². The Morgan fingerprint density at radius 1 is 1.11 bits per heavy atom. The summed E-state index contributed by atoms with van der Waals surface area (Å²) in [6.45, 7) is 2.50. The zero-order valence-corrected chi connectivity index (χ0v) is 14.8. The molecule has 4 rings (SSSR count). The van der Waals surface area contributed by atoms with Gasteiger partial charge in [0.2, 0.25) is 0 Å². The molecule has 0 aliphatic carbocycles. The maximum Gasteiger partial charge on any atom is 0.408 e. The Bertz CT molecular complexity index is 895. The Hall–Kier alpha value is -3.19. The van der Waals surface area contributed by atoms with E-state index in [2.05, 4.69) is 25.4 Å². The first-order valence-corrected chi connectivity index (χ1v) is 8.96. The van der Waals surface area contributed by atoms with E-state index < -0.39 is 12.1 Å². The normalized spacial score (nSPS) is 14.2. The third-order valence-corrected chi connectivity index (χ3v) is 4.52. The average Bonchev–Trinajstić information content (AvgIpc) is 3.16. The van der Waals surface area contributed by atoms with Gasteiger partial charge in [0.15, 0.2) is 5.82 Å². The molecule has 7 heteroatoms. The maximum atomic E-state index is 12.5. The zero-order valence-electron chi connectivity index (χ0n) is 14.8. The summed E-state index contributed by atoms with van der Waals surface area (Å²) >= 11 is 0. The summed E-state index contributed by atoms with van der Waals surface area (Å²) in [7, 11) is 0. The highest BCUT2D eigenvalue weighted by Gasteiger charge is 2.26. The van der Waals surface area contributed by atoms with Crippen LogP contribution in [0.1, 0.15) is 28.8 Å². The molecule has 2 heterocycles. The summed E-state index contributed by atoms with van der Waals surface area (Å²) in [5.74, 6) is 1.59.